The van der Waals surface area contributed by atoms with Gasteiger partial charge in [-0.2, -0.15) is 0 Å². The number of hydrogen-bond donors (Lipinski definition) is 1. The number of benzene rings is 1. The number of carbonyl (C=O) groups excluding carboxylic acids is 1. The molecule has 0 aromatic heterocycles. The van der Waals surface area contributed by atoms with Crippen LogP contribution in [0.25, 0.3) is 0 Å². The van der Waals surface area contributed by atoms with E-state index in [2.05, 4.69) is 5.32 Å². The third-order valence-corrected chi connectivity index (χ3v) is 2.34. The van der Waals surface area contributed by atoms with Gasteiger partial charge in [0.1, 0.15) is 5.82 Å². The lowest BCUT2D eigenvalue weighted by Gasteiger charge is -2.28. The normalized spacial score (nSPS) is 15.0. The molecule has 3 nitrogen and oxygen atoms in total. The van der Waals surface area contributed by atoms with Crippen molar-refractivity contribution in [2.24, 2.45) is 0 Å². The van der Waals surface area contributed by atoms with Gasteiger partial charge in [-0.05, 0) is 30.7 Å². The lowest BCUT2D eigenvalue weighted by Crippen LogP contribution is -2.38. The van der Waals surface area contributed by atoms with Gasteiger partial charge in [0.15, 0.2) is 0 Å². The first-order valence-electron chi connectivity index (χ1n) is 4.55. The number of nitrogens with one attached hydrogen (secondary N) is 1. The molecule has 0 saturated carbocycles. The second kappa shape index (κ2) is 3.29. The zero-order valence-electron chi connectivity index (χ0n) is 7.88. The quantitative estimate of drug-likeness (QED) is 0.730. The van der Waals surface area contributed by atoms with Crippen LogP contribution >= 0.6 is 0 Å². The average molecular weight is 194 g/mol. The Bertz CT molecular complexity index is 378. The Balaban J connectivity index is 2.36. The maximum Gasteiger partial charge on any atom is 0.322 e. The summed E-state index contributed by atoms with van der Waals surface area (Å²) in [6.07, 6.45) is 0. The molecule has 0 unspecified atom stereocenters. The monoisotopic (exact) mass is 194 g/mol. The summed E-state index contributed by atoms with van der Waals surface area (Å²) in [5.41, 5.74) is 1.53. The maximum atomic E-state index is 12.9. The second-order valence-electron chi connectivity index (χ2n) is 3.25. The van der Waals surface area contributed by atoms with Crippen LogP contribution in [0.5, 0.6) is 0 Å². The molecule has 74 valence electrons. The number of fused-ring (bicyclic) bond motifs is 1. The third-order valence-electron chi connectivity index (χ3n) is 2.34. The summed E-state index contributed by atoms with van der Waals surface area (Å²) in [6.45, 7) is 3.00. The summed E-state index contributed by atoms with van der Waals surface area (Å²) >= 11 is 0. The van der Waals surface area contributed by atoms with Crippen molar-refractivity contribution in [2.75, 3.05) is 11.9 Å². The highest BCUT2D eigenvalue weighted by molar-refractivity contribution is 5.92. The van der Waals surface area contributed by atoms with Gasteiger partial charge < -0.3 is 10.2 Å². The molecule has 1 aliphatic rings. The number of anilines is 1. The van der Waals surface area contributed by atoms with Crippen LogP contribution < -0.4 is 5.32 Å². The van der Waals surface area contributed by atoms with Crippen LogP contribution in [0.4, 0.5) is 14.9 Å². The minimum atomic E-state index is -0.268. The Morgan fingerprint density at radius 3 is 3.07 bits per heavy atom. The molecule has 0 bridgehead atoms. The Morgan fingerprint density at radius 1 is 1.57 bits per heavy atom. The van der Waals surface area contributed by atoms with E-state index in [0.29, 0.717) is 18.8 Å². The first kappa shape index (κ1) is 8.99. The lowest BCUT2D eigenvalue weighted by molar-refractivity contribution is 0.209. The van der Waals surface area contributed by atoms with E-state index in [1.165, 1.54) is 12.1 Å². The highest BCUT2D eigenvalue weighted by atomic mass is 19.1. The first-order valence-corrected chi connectivity index (χ1v) is 4.55. The number of urea groups is 1. The van der Waals surface area contributed by atoms with E-state index in [4.69, 9.17) is 0 Å². The predicted molar refractivity (Wildman–Crippen MR) is 51.5 cm³/mol. The first-order chi connectivity index (χ1) is 6.70. The minimum Gasteiger partial charge on any atom is -0.320 e. The van der Waals surface area contributed by atoms with Crippen molar-refractivity contribution in [3.63, 3.8) is 0 Å². The fraction of sp³-hybridized carbons (Fsp3) is 0.300. The molecule has 1 heterocycles. The molecular formula is C10H11FN2O. The molecule has 1 aromatic rings. The molecule has 1 aromatic carbocycles. The summed E-state index contributed by atoms with van der Waals surface area (Å²) < 4.78 is 12.9. The summed E-state index contributed by atoms with van der Waals surface area (Å²) in [5, 5.41) is 2.71. The van der Waals surface area contributed by atoms with E-state index >= 15 is 0 Å². The minimum absolute atomic E-state index is 0.119. The number of hydrogen-bond acceptors (Lipinski definition) is 1. The zero-order chi connectivity index (χ0) is 10.1. The van der Waals surface area contributed by atoms with E-state index in [1.807, 2.05) is 6.92 Å². The van der Waals surface area contributed by atoms with Crippen LogP contribution in [0.2, 0.25) is 0 Å². The highest BCUT2D eigenvalue weighted by Gasteiger charge is 2.20. The molecule has 0 saturated heterocycles. The molecule has 0 atom stereocenters. The average Bonchev–Trinajstić information content (AvgIpc) is 2.17. The molecule has 0 fully saturated rings. The fourth-order valence-corrected chi connectivity index (χ4v) is 1.54. The van der Waals surface area contributed by atoms with Crippen LogP contribution in [-0.4, -0.2) is 17.5 Å². The summed E-state index contributed by atoms with van der Waals surface area (Å²) in [6, 6.07) is 4.28. The van der Waals surface area contributed by atoms with Gasteiger partial charge in [-0.15, -0.1) is 0 Å². The zero-order valence-corrected chi connectivity index (χ0v) is 7.88. The van der Waals surface area contributed by atoms with Gasteiger partial charge in [-0.1, -0.05) is 0 Å². The Hall–Kier alpha value is -1.58. The van der Waals surface area contributed by atoms with Gasteiger partial charge in [-0.25, -0.2) is 9.18 Å². The summed E-state index contributed by atoms with van der Waals surface area (Å²) in [4.78, 5) is 13.0. The van der Waals surface area contributed by atoms with E-state index in [0.717, 1.165) is 5.56 Å². The SMILES string of the molecule is CCN1Cc2cc(F)ccc2NC1=O. The maximum absolute atomic E-state index is 12.9. The largest absolute Gasteiger partial charge is 0.322 e. The van der Waals surface area contributed by atoms with Crippen LogP contribution in [0, 0.1) is 5.82 Å². The standard InChI is InChI=1S/C10H11FN2O/c1-2-13-6-7-5-8(11)3-4-9(7)12-10(13)14/h3-5H,2,6H2,1H3,(H,12,14). The third kappa shape index (κ3) is 1.43. The van der Waals surface area contributed by atoms with Gasteiger partial charge in [-0.3, -0.25) is 0 Å². The van der Waals surface area contributed by atoms with Crippen LogP contribution in [0.15, 0.2) is 18.2 Å². The van der Waals surface area contributed by atoms with E-state index in [9.17, 15) is 9.18 Å². The van der Waals surface area contributed by atoms with E-state index in [-0.39, 0.29) is 11.8 Å². The number of amides is 2. The van der Waals surface area contributed by atoms with Crippen molar-refractivity contribution in [2.45, 2.75) is 13.5 Å². The van der Waals surface area contributed by atoms with E-state index in [1.54, 1.807) is 11.0 Å². The highest BCUT2D eigenvalue weighted by Crippen LogP contribution is 2.23. The number of halogens is 1. The fourth-order valence-electron chi connectivity index (χ4n) is 1.54. The molecule has 2 amide bonds. The second-order valence-corrected chi connectivity index (χ2v) is 3.25. The number of rotatable bonds is 1. The van der Waals surface area contributed by atoms with Crippen LogP contribution in [-0.2, 0) is 6.54 Å². The molecule has 1 aliphatic heterocycles. The number of nitrogens with zero attached hydrogens (tertiary/aromatic N) is 1. The van der Waals surface area contributed by atoms with Gasteiger partial charge in [0.05, 0.1) is 0 Å². The molecular weight excluding hydrogens is 183 g/mol. The molecule has 0 aliphatic carbocycles. The molecule has 14 heavy (non-hydrogen) atoms. The van der Waals surface area contributed by atoms with Crippen molar-refractivity contribution < 1.29 is 9.18 Å². The smallest absolute Gasteiger partial charge is 0.320 e. The molecule has 1 N–H and O–H groups in total. The van der Waals surface area contributed by atoms with Crippen LogP contribution in [0.1, 0.15) is 12.5 Å². The molecule has 0 radical (unpaired) electrons. The van der Waals surface area contributed by atoms with Crippen LogP contribution in [0.3, 0.4) is 0 Å². The van der Waals surface area contributed by atoms with Gasteiger partial charge in [0.25, 0.3) is 0 Å². The summed E-state index contributed by atoms with van der Waals surface area (Å²) in [7, 11) is 0. The molecule has 0 spiro atoms. The van der Waals surface area contributed by atoms with Crippen molar-refractivity contribution >= 4 is 11.7 Å². The topological polar surface area (TPSA) is 32.3 Å². The Kier molecular flexibility index (Phi) is 2.11. The van der Waals surface area contributed by atoms with E-state index < -0.39 is 0 Å². The lowest BCUT2D eigenvalue weighted by atomic mass is 10.1. The van der Waals surface area contributed by atoms with Gasteiger partial charge in [0, 0.05) is 18.8 Å². The van der Waals surface area contributed by atoms with Gasteiger partial charge >= 0.3 is 6.03 Å². The van der Waals surface area contributed by atoms with Crippen molar-refractivity contribution in [3.05, 3.63) is 29.6 Å². The Labute approximate surface area is 81.5 Å². The van der Waals surface area contributed by atoms with Crippen molar-refractivity contribution in [3.8, 4) is 0 Å². The van der Waals surface area contributed by atoms with Crippen molar-refractivity contribution in [1.29, 1.82) is 0 Å². The summed E-state index contributed by atoms with van der Waals surface area (Å²) in [5.74, 6) is -0.268. The molecule has 4 heteroatoms. The molecule has 2 rings (SSSR count). The van der Waals surface area contributed by atoms with Crippen molar-refractivity contribution in [1.82, 2.24) is 4.90 Å². The van der Waals surface area contributed by atoms with Gasteiger partial charge in [0.2, 0.25) is 0 Å². The number of carbonyl (C=O) groups is 1. The predicted octanol–water partition coefficient (Wildman–Crippen LogP) is 2.19. The Morgan fingerprint density at radius 2 is 2.36 bits per heavy atom.